The van der Waals surface area contributed by atoms with Crippen molar-refractivity contribution in [1.29, 1.82) is 0 Å². The number of halogens is 2. The largest absolute Gasteiger partial charge is 0.508 e. The highest BCUT2D eigenvalue weighted by atomic mass is 35.5. The monoisotopic (exact) mass is 308 g/mol. The summed E-state index contributed by atoms with van der Waals surface area (Å²) < 4.78 is 13.3. The maximum absolute atomic E-state index is 13.3. The summed E-state index contributed by atoms with van der Waals surface area (Å²) in [7, 11) is 3.84. The van der Waals surface area contributed by atoms with Crippen molar-refractivity contribution in [2.24, 2.45) is 0 Å². The summed E-state index contributed by atoms with van der Waals surface area (Å²) in [6, 6.07) is 9.27. The van der Waals surface area contributed by atoms with Crippen molar-refractivity contribution in [2.45, 2.75) is 13.0 Å². The molecule has 0 aromatic heterocycles. The van der Waals surface area contributed by atoms with Gasteiger partial charge in [-0.3, -0.25) is 0 Å². The fourth-order valence-corrected chi connectivity index (χ4v) is 2.51. The molecule has 0 saturated carbocycles. The number of benzene rings is 2. The number of phenolic OH excluding ortho intramolecular Hbond substituents is 1. The summed E-state index contributed by atoms with van der Waals surface area (Å²) in [5.41, 5.74) is 2.23. The first kappa shape index (κ1) is 15.4. The molecule has 3 nitrogen and oxygen atoms in total. The molecule has 2 aromatic carbocycles. The topological polar surface area (TPSA) is 35.5 Å². The SMILES string of the molecule is CC(Nc1ccc(N(C)C)c(Cl)c1)c1cc(F)ccc1O. The standard InChI is InChI=1S/C16H18ClFN2O/c1-10(13-8-11(18)4-7-16(13)21)19-12-5-6-15(20(2)3)14(17)9-12/h4-10,19,21H,1-3H3. The molecular weight excluding hydrogens is 291 g/mol. The lowest BCUT2D eigenvalue weighted by Gasteiger charge is -2.19. The number of rotatable bonds is 4. The lowest BCUT2D eigenvalue weighted by Crippen LogP contribution is -2.10. The Morgan fingerprint density at radius 3 is 2.52 bits per heavy atom. The minimum atomic E-state index is -0.377. The molecule has 21 heavy (non-hydrogen) atoms. The van der Waals surface area contributed by atoms with Gasteiger partial charge in [-0.05, 0) is 43.3 Å². The molecule has 5 heteroatoms. The van der Waals surface area contributed by atoms with Gasteiger partial charge < -0.3 is 15.3 Å². The molecule has 0 heterocycles. The van der Waals surface area contributed by atoms with Crippen LogP contribution in [0.25, 0.3) is 0 Å². The minimum Gasteiger partial charge on any atom is -0.508 e. The summed E-state index contributed by atoms with van der Waals surface area (Å²) in [5.74, 6) is -0.315. The smallest absolute Gasteiger partial charge is 0.123 e. The third kappa shape index (κ3) is 3.58. The van der Waals surface area contributed by atoms with E-state index in [1.165, 1.54) is 18.2 Å². The Morgan fingerprint density at radius 2 is 1.90 bits per heavy atom. The maximum atomic E-state index is 13.3. The second-order valence-electron chi connectivity index (χ2n) is 5.13. The van der Waals surface area contributed by atoms with E-state index in [1.807, 2.05) is 44.1 Å². The zero-order valence-electron chi connectivity index (χ0n) is 12.2. The van der Waals surface area contributed by atoms with Crippen molar-refractivity contribution in [3.05, 3.63) is 52.8 Å². The van der Waals surface area contributed by atoms with Crippen LogP contribution < -0.4 is 10.2 Å². The molecule has 0 aliphatic heterocycles. The van der Waals surface area contributed by atoms with Crippen molar-refractivity contribution in [3.63, 3.8) is 0 Å². The van der Waals surface area contributed by atoms with Gasteiger partial charge in [0.05, 0.1) is 16.8 Å². The minimum absolute atomic E-state index is 0.0624. The lowest BCUT2D eigenvalue weighted by molar-refractivity contribution is 0.462. The highest BCUT2D eigenvalue weighted by Gasteiger charge is 2.12. The average molecular weight is 309 g/mol. The van der Waals surface area contributed by atoms with Crippen LogP contribution in [0.4, 0.5) is 15.8 Å². The van der Waals surface area contributed by atoms with Gasteiger partial charge in [0, 0.05) is 25.3 Å². The van der Waals surface area contributed by atoms with Crippen molar-refractivity contribution in [2.75, 3.05) is 24.3 Å². The lowest BCUT2D eigenvalue weighted by atomic mass is 10.1. The van der Waals surface area contributed by atoms with Crippen LogP contribution in [0.5, 0.6) is 5.75 Å². The van der Waals surface area contributed by atoms with Crippen LogP contribution in [0.3, 0.4) is 0 Å². The molecule has 2 aromatic rings. The van der Waals surface area contributed by atoms with E-state index >= 15 is 0 Å². The quantitative estimate of drug-likeness (QED) is 0.877. The van der Waals surface area contributed by atoms with Crippen LogP contribution >= 0.6 is 11.6 Å². The highest BCUT2D eigenvalue weighted by Crippen LogP contribution is 2.31. The Bertz CT molecular complexity index is 646. The molecule has 0 aliphatic carbocycles. The number of aromatic hydroxyl groups is 1. The third-order valence-corrected chi connectivity index (χ3v) is 3.57. The first-order chi connectivity index (χ1) is 9.88. The highest BCUT2D eigenvalue weighted by molar-refractivity contribution is 6.33. The Labute approximate surface area is 129 Å². The molecule has 0 bridgehead atoms. The van der Waals surface area contributed by atoms with Gasteiger partial charge in [-0.2, -0.15) is 0 Å². The molecule has 2 rings (SSSR count). The van der Waals surface area contributed by atoms with E-state index in [1.54, 1.807) is 0 Å². The van der Waals surface area contributed by atoms with E-state index in [4.69, 9.17) is 11.6 Å². The molecule has 1 unspecified atom stereocenters. The van der Waals surface area contributed by atoms with E-state index in [-0.39, 0.29) is 17.6 Å². The zero-order chi connectivity index (χ0) is 15.6. The second kappa shape index (κ2) is 6.22. The van der Waals surface area contributed by atoms with Crippen molar-refractivity contribution in [1.82, 2.24) is 0 Å². The summed E-state index contributed by atoms with van der Waals surface area (Å²) >= 11 is 6.22. The van der Waals surface area contributed by atoms with Crippen LogP contribution in [0.2, 0.25) is 5.02 Å². The molecule has 0 spiro atoms. The fraction of sp³-hybridized carbons (Fsp3) is 0.250. The average Bonchev–Trinajstić information content (AvgIpc) is 2.41. The van der Waals surface area contributed by atoms with Crippen LogP contribution in [0.15, 0.2) is 36.4 Å². The molecule has 2 N–H and O–H groups in total. The molecule has 0 aliphatic rings. The van der Waals surface area contributed by atoms with E-state index < -0.39 is 0 Å². The van der Waals surface area contributed by atoms with Gasteiger partial charge in [0.2, 0.25) is 0 Å². The van der Waals surface area contributed by atoms with Gasteiger partial charge in [0.1, 0.15) is 11.6 Å². The fourth-order valence-electron chi connectivity index (χ4n) is 2.16. The molecular formula is C16H18ClFN2O. The summed E-state index contributed by atoms with van der Waals surface area (Å²) in [5, 5.41) is 13.6. The van der Waals surface area contributed by atoms with E-state index in [0.29, 0.717) is 10.6 Å². The summed E-state index contributed by atoms with van der Waals surface area (Å²) in [6.07, 6.45) is 0. The van der Waals surface area contributed by atoms with Crippen LogP contribution in [0, 0.1) is 5.82 Å². The first-order valence-corrected chi connectivity index (χ1v) is 6.98. The zero-order valence-corrected chi connectivity index (χ0v) is 12.9. The van der Waals surface area contributed by atoms with Gasteiger partial charge in [-0.25, -0.2) is 4.39 Å². The van der Waals surface area contributed by atoms with Gasteiger partial charge >= 0.3 is 0 Å². The molecule has 1 atom stereocenters. The second-order valence-corrected chi connectivity index (χ2v) is 5.54. The van der Waals surface area contributed by atoms with Gasteiger partial charge in [-0.1, -0.05) is 11.6 Å². The normalized spacial score (nSPS) is 12.0. The van der Waals surface area contributed by atoms with E-state index in [2.05, 4.69) is 5.32 Å². The summed E-state index contributed by atoms with van der Waals surface area (Å²) in [4.78, 5) is 1.92. The molecule has 0 saturated heterocycles. The van der Waals surface area contributed by atoms with Gasteiger partial charge in [-0.15, -0.1) is 0 Å². The number of hydrogen-bond donors (Lipinski definition) is 2. The van der Waals surface area contributed by atoms with Crippen LogP contribution in [-0.2, 0) is 0 Å². The van der Waals surface area contributed by atoms with E-state index in [9.17, 15) is 9.50 Å². The van der Waals surface area contributed by atoms with Crippen LogP contribution in [-0.4, -0.2) is 19.2 Å². The number of hydrogen-bond acceptors (Lipinski definition) is 3. The number of anilines is 2. The predicted molar refractivity (Wildman–Crippen MR) is 85.9 cm³/mol. The number of nitrogens with zero attached hydrogens (tertiary/aromatic N) is 1. The molecule has 112 valence electrons. The van der Waals surface area contributed by atoms with Crippen molar-refractivity contribution in [3.8, 4) is 5.75 Å². The Morgan fingerprint density at radius 1 is 1.19 bits per heavy atom. The van der Waals surface area contributed by atoms with Gasteiger partial charge in [0.25, 0.3) is 0 Å². The van der Waals surface area contributed by atoms with Crippen molar-refractivity contribution >= 4 is 23.0 Å². The van der Waals surface area contributed by atoms with Crippen molar-refractivity contribution < 1.29 is 9.50 Å². The Hall–Kier alpha value is -1.94. The predicted octanol–water partition coefficient (Wildman–Crippen LogP) is 4.42. The van der Waals surface area contributed by atoms with E-state index in [0.717, 1.165) is 11.4 Å². The Kier molecular flexibility index (Phi) is 4.58. The molecule has 0 radical (unpaired) electrons. The summed E-state index contributed by atoms with van der Waals surface area (Å²) in [6.45, 7) is 1.85. The molecule has 0 fully saturated rings. The number of nitrogens with one attached hydrogen (secondary N) is 1. The Balaban J connectivity index is 2.21. The van der Waals surface area contributed by atoms with Crippen LogP contribution in [0.1, 0.15) is 18.5 Å². The van der Waals surface area contributed by atoms with Gasteiger partial charge in [0.15, 0.2) is 0 Å². The first-order valence-electron chi connectivity index (χ1n) is 6.60. The number of phenols is 1. The molecule has 0 amide bonds. The maximum Gasteiger partial charge on any atom is 0.123 e. The third-order valence-electron chi connectivity index (χ3n) is 3.27.